The van der Waals surface area contributed by atoms with Gasteiger partial charge in [0, 0.05) is 36.1 Å². The Kier molecular flexibility index (Phi) is 8.74. The van der Waals surface area contributed by atoms with Crippen LogP contribution in [-0.2, 0) is 14.3 Å². The number of nitrogens with one attached hydrogen (secondary N) is 2. The zero-order chi connectivity index (χ0) is 30.7. The maximum Gasteiger partial charge on any atom is 0.337 e. The average molecular weight is 600 g/mol. The normalized spacial score (nSPS) is 16.1. The molecular formula is C32H33N5O5S. The van der Waals surface area contributed by atoms with Gasteiger partial charge in [-0.2, -0.15) is 0 Å². The highest BCUT2D eigenvalue weighted by atomic mass is 32.1. The number of carbonyl (C=O) groups excluding carboxylic acids is 2. The highest BCUT2D eigenvalue weighted by molar-refractivity contribution is 7.80. The van der Waals surface area contributed by atoms with E-state index in [0.29, 0.717) is 22.1 Å². The topological polar surface area (TPSA) is 107 Å². The maximum absolute atomic E-state index is 12.4. The Labute approximate surface area is 255 Å². The number of thiocarbonyl (C=S) groups is 1. The van der Waals surface area contributed by atoms with Gasteiger partial charge in [-0.05, 0) is 86.2 Å². The summed E-state index contributed by atoms with van der Waals surface area (Å²) in [5.41, 5.74) is 6.36. The highest BCUT2D eigenvalue weighted by Crippen LogP contribution is 2.45. The van der Waals surface area contributed by atoms with Gasteiger partial charge in [0.25, 0.3) is 0 Å². The van der Waals surface area contributed by atoms with Crippen LogP contribution in [-0.4, -0.2) is 54.5 Å². The number of amides is 1. The molecule has 11 heteroatoms. The number of carbonyl (C=O) groups is 2. The number of hydrogen-bond acceptors (Lipinski definition) is 7. The second kappa shape index (κ2) is 12.6. The molecule has 4 aromatic rings. The zero-order valence-electron chi connectivity index (χ0n) is 24.6. The minimum absolute atomic E-state index is 0.0927. The van der Waals surface area contributed by atoms with Gasteiger partial charge < -0.3 is 34.3 Å². The Hall–Kier alpha value is -4.74. The number of aromatic nitrogens is 2. The second-order valence-corrected chi connectivity index (χ2v) is 10.5. The van der Waals surface area contributed by atoms with Gasteiger partial charge in [-0.1, -0.05) is 12.1 Å². The van der Waals surface area contributed by atoms with Crippen molar-refractivity contribution in [3.8, 4) is 11.4 Å². The van der Waals surface area contributed by atoms with Crippen molar-refractivity contribution < 1.29 is 23.8 Å². The lowest BCUT2D eigenvalue weighted by molar-refractivity contribution is -0.119. The van der Waals surface area contributed by atoms with Gasteiger partial charge >= 0.3 is 5.97 Å². The number of nitrogens with zero attached hydrogens (tertiary/aromatic N) is 3. The molecule has 2 atom stereocenters. The Morgan fingerprint density at radius 3 is 2.51 bits per heavy atom. The quantitative estimate of drug-likeness (QED) is 0.202. The fourth-order valence-electron chi connectivity index (χ4n) is 5.58. The fourth-order valence-corrected chi connectivity index (χ4v) is 5.93. The maximum atomic E-state index is 12.4. The zero-order valence-corrected chi connectivity index (χ0v) is 25.4. The molecule has 1 aliphatic rings. The molecule has 0 radical (unpaired) electrons. The highest BCUT2D eigenvalue weighted by Gasteiger charge is 2.42. The molecule has 0 saturated carbocycles. The molecule has 2 unspecified atom stereocenters. The first-order chi connectivity index (χ1) is 20.8. The van der Waals surface area contributed by atoms with Crippen LogP contribution in [0.3, 0.4) is 0 Å². The molecule has 10 nitrogen and oxygen atoms in total. The molecule has 3 heterocycles. The van der Waals surface area contributed by atoms with Crippen LogP contribution in [0.5, 0.6) is 5.75 Å². The molecule has 0 aliphatic carbocycles. The summed E-state index contributed by atoms with van der Waals surface area (Å²) in [6.45, 7) is 3.98. The van der Waals surface area contributed by atoms with Crippen LogP contribution in [0.15, 0.2) is 72.9 Å². The second-order valence-electron chi connectivity index (χ2n) is 10.1. The molecule has 0 spiro atoms. The van der Waals surface area contributed by atoms with E-state index in [1.807, 2.05) is 67.3 Å². The van der Waals surface area contributed by atoms with Gasteiger partial charge in [-0.25, -0.2) is 4.79 Å². The Balaban J connectivity index is 1.64. The van der Waals surface area contributed by atoms with E-state index >= 15 is 0 Å². The van der Waals surface area contributed by atoms with Gasteiger partial charge in [-0.3, -0.25) is 9.78 Å². The number of aryl methyl sites for hydroxylation is 1. The van der Waals surface area contributed by atoms with Crippen molar-refractivity contribution in [1.29, 1.82) is 0 Å². The predicted octanol–water partition coefficient (Wildman–Crippen LogP) is 5.05. The Morgan fingerprint density at radius 1 is 1.00 bits per heavy atom. The molecule has 1 saturated heterocycles. The van der Waals surface area contributed by atoms with Crippen molar-refractivity contribution in [2.45, 2.75) is 25.9 Å². The van der Waals surface area contributed by atoms with Gasteiger partial charge in [0.15, 0.2) is 5.11 Å². The third-order valence-corrected chi connectivity index (χ3v) is 7.74. The molecule has 1 fully saturated rings. The lowest BCUT2D eigenvalue weighted by atomic mass is 9.96. The minimum Gasteiger partial charge on any atom is -0.495 e. The van der Waals surface area contributed by atoms with E-state index in [9.17, 15) is 9.59 Å². The number of benzene rings is 2. The molecular weight excluding hydrogens is 566 g/mol. The summed E-state index contributed by atoms with van der Waals surface area (Å²) >= 11 is 5.94. The molecule has 1 amide bonds. The first kappa shape index (κ1) is 29.7. The molecule has 43 heavy (non-hydrogen) atoms. The van der Waals surface area contributed by atoms with Gasteiger partial charge in [0.1, 0.15) is 12.4 Å². The van der Waals surface area contributed by atoms with Crippen LogP contribution in [0.25, 0.3) is 5.69 Å². The van der Waals surface area contributed by atoms with Gasteiger partial charge in [0.2, 0.25) is 5.91 Å². The number of hydrogen-bond donors (Lipinski definition) is 2. The summed E-state index contributed by atoms with van der Waals surface area (Å²) in [6.07, 6.45) is 1.76. The van der Waals surface area contributed by atoms with Gasteiger partial charge in [-0.15, -0.1) is 0 Å². The van der Waals surface area contributed by atoms with Crippen LogP contribution in [0.2, 0.25) is 0 Å². The van der Waals surface area contributed by atoms with Crippen molar-refractivity contribution in [3.63, 3.8) is 0 Å². The van der Waals surface area contributed by atoms with Crippen LogP contribution >= 0.6 is 12.2 Å². The van der Waals surface area contributed by atoms with E-state index < -0.39 is 5.97 Å². The summed E-state index contributed by atoms with van der Waals surface area (Å²) in [6, 6.07) is 20.2. The van der Waals surface area contributed by atoms with Crippen LogP contribution in [0.4, 0.5) is 11.4 Å². The van der Waals surface area contributed by atoms with Crippen LogP contribution < -0.4 is 20.3 Å². The van der Waals surface area contributed by atoms with Crippen molar-refractivity contribution >= 4 is 40.6 Å². The van der Waals surface area contributed by atoms with E-state index in [-0.39, 0.29) is 24.6 Å². The van der Waals surface area contributed by atoms with Gasteiger partial charge in [0.05, 0.1) is 43.2 Å². The monoisotopic (exact) mass is 599 g/mol. The number of ether oxygens (including phenoxy) is 3. The first-order valence-electron chi connectivity index (χ1n) is 13.6. The number of methoxy groups -OCH3 is 3. The summed E-state index contributed by atoms with van der Waals surface area (Å²) in [5.74, 6) is -0.197. The lowest BCUT2D eigenvalue weighted by Gasteiger charge is -2.29. The summed E-state index contributed by atoms with van der Waals surface area (Å²) < 4.78 is 17.6. The number of esters is 1. The first-order valence-corrected chi connectivity index (χ1v) is 14.0. The number of anilines is 2. The SMILES string of the molecule is COCC(=O)Nc1cc(N2C(=S)NC(c3ccccn3)C2c2cc(C)n(-c3cccc(C(=O)OC)c3)c2C)ccc1OC. The Morgan fingerprint density at radius 2 is 1.81 bits per heavy atom. The smallest absolute Gasteiger partial charge is 0.337 e. The van der Waals surface area contributed by atoms with E-state index in [1.165, 1.54) is 14.2 Å². The van der Waals surface area contributed by atoms with Crippen molar-refractivity contribution in [2.24, 2.45) is 0 Å². The fraction of sp³-hybridized carbons (Fsp3) is 0.250. The average Bonchev–Trinajstić information content (AvgIpc) is 3.51. The molecule has 222 valence electrons. The summed E-state index contributed by atoms with van der Waals surface area (Å²) in [4.78, 5) is 31.4. The van der Waals surface area contributed by atoms with Crippen LogP contribution in [0, 0.1) is 13.8 Å². The predicted molar refractivity (Wildman–Crippen MR) is 168 cm³/mol. The largest absolute Gasteiger partial charge is 0.495 e. The molecule has 5 rings (SSSR count). The van der Waals surface area contributed by atoms with Crippen molar-refractivity contribution in [1.82, 2.24) is 14.9 Å². The number of rotatable bonds is 9. The molecule has 1 aliphatic heterocycles. The minimum atomic E-state index is -0.399. The molecule has 0 bridgehead atoms. The van der Waals surface area contributed by atoms with E-state index in [0.717, 1.165) is 34.0 Å². The summed E-state index contributed by atoms with van der Waals surface area (Å²) in [5, 5.41) is 6.87. The third-order valence-electron chi connectivity index (χ3n) is 7.42. The van der Waals surface area contributed by atoms with Crippen molar-refractivity contribution in [2.75, 3.05) is 38.2 Å². The molecule has 2 N–H and O–H groups in total. The van der Waals surface area contributed by atoms with Crippen molar-refractivity contribution in [3.05, 3.63) is 101 Å². The Bertz CT molecular complexity index is 1670. The van der Waals surface area contributed by atoms with E-state index in [4.69, 9.17) is 26.4 Å². The molecule has 2 aromatic carbocycles. The third kappa shape index (κ3) is 5.81. The van der Waals surface area contributed by atoms with E-state index in [2.05, 4.69) is 26.3 Å². The number of pyridine rings is 1. The standard InChI is InChI=1S/C32H33N5O5S/c1-19-15-24(20(2)36(19)22-10-8-9-21(16-22)31(39)42-5)30-29(25-11-6-7-14-33-25)35-32(43)37(30)23-12-13-27(41-4)26(17-23)34-28(38)18-40-3/h6-17,29-30H,18H2,1-5H3,(H,34,38)(H,35,43). The summed E-state index contributed by atoms with van der Waals surface area (Å²) in [7, 11) is 4.38. The van der Waals surface area contributed by atoms with E-state index in [1.54, 1.807) is 25.4 Å². The molecule has 2 aromatic heterocycles. The van der Waals surface area contributed by atoms with Crippen LogP contribution in [0.1, 0.15) is 45.1 Å². The lowest BCUT2D eigenvalue weighted by Crippen LogP contribution is -2.29.